The zero-order valence-corrected chi connectivity index (χ0v) is 10.8. The van der Waals surface area contributed by atoms with Crippen LogP contribution in [0.1, 0.15) is 36.9 Å². The van der Waals surface area contributed by atoms with Crippen LogP contribution in [0.2, 0.25) is 0 Å². The Balaban J connectivity index is 2.25. The lowest BCUT2D eigenvalue weighted by molar-refractivity contribution is -0.144. The minimum atomic E-state index is -0.111. The second kappa shape index (κ2) is 4.80. The summed E-state index contributed by atoms with van der Waals surface area (Å²) in [5, 5.41) is 4.19. The number of nitrogens with zero attached hydrogens (tertiary/aromatic N) is 3. The van der Waals surface area contributed by atoms with E-state index < -0.39 is 0 Å². The van der Waals surface area contributed by atoms with Crippen molar-refractivity contribution in [2.24, 2.45) is 7.05 Å². The molecule has 0 aliphatic carbocycles. The molecule has 2 amide bonds. The number of aromatic nitrogens is 2. The molecule has 0 unspecified atom stereocenters. The molecule has 1 aliphatic rings. The van der Waals surface area contributed by atoms with Crippen LogP contribution in [0, 0.1) is 6.92 Å². The van der Waals surface area contributed by atoms with Crippen molar-refractivity contribution >= 4 is 17.6 Å². The third kappa shape index (κ3) is 2.23. The van der Waals surface area contributed by atoms with Crippen molar-refractivity contribution in [2.75, 3.05) is 5.73 Å². The van der Waals surface area contributed by atoms with Crippen molar-refractivity contribution in [1.82, 2.24) is 14.7 Å². The molecule has 0 bridgehead atoms. The summed E-state index contributed by atoms with van der Waals surface area (Å²) in [5.74, 6) is 0.289. The normalized spacial score (nSPS) is 17.1. The minimum absolute atomic E-state index is 0.111. The summed E-state index contributed by atoms with van der Waals surface area (Å²) >= 11 is 0. The van der Waals surface area contributed by atoms with E-state index in [9.17, 15) is 9.59 Å². The molecule has 0 spiro atoms. The number of hydrogen-bond acceptors (Lipinski definition) is 4. The van der Waals surface area contributed by atoms with E-state index in [4.69, 9.17) is 5.73 Å². The maximum Gasteiger partial charge on any atom is 0.229 e. The second-order valence-corrected chi connectivity index (χ2v) is 4.65. The fourth-order valence-corrected chi connectivity index (χ4v) is 2.21. The van der Waals surface area contributed by atoms with Gasteiger partial charge in [-0.15, -0.1) is 0 Å². The fourth-order valence-electron chi connectivity index (χ4n) is 2.21. The molecular weight excluding hydrogens is 232 g/mol. The summed E-state index contributed by atoms with van der Waals surface area (Å²) in [6.45, 7) is 2.07. The summed E-state index contributed by atoms with van der Waals surface area (Å²) in [7, 11) is 1.75. The molecular formula is C12H18N4O2. The molecule has 6 heteroatoms. The number of nitrogen functional groups attached to an aromatic ring is 1. The molecule has 18 heavy (non-hydrogen) atoms. The maximum atomic E-state index is 11.9. The van der Waals surface area contributed by atoms with E-state index in [0.717, 1.165) is 24.1 Å². The van der Waals surface area contributed by atoms with Gasteiger partial charge >= 0.3 is 0 Å². The molecule has 1 fully saturated rings. The lowest BCUT2D eigenvalue weighted by Crippen LogP contribution is -2.34. The second-order valence-electron chi connectivity index (χ2n) is 4.65. The molecule has 1 saturated heterocycles. The molecule has 2 rings (SSSR count). The predicted molar refractivity (Wildman–Crippen MR) is 66.4 cm³/mol. The molecule has 1 aromatic rings. The van der Waals surface area contributed by atoms with Crippen molar-refractivity contribution < 1.29 is 9.59 Å². The van der Waals surface area contributed by atoms with Crippen molar-refractivity contribution in [3.63, 3.8) is 0 Å². The maximum absolute atomic E-state index is 11.9. The van der Waals surface area contributed by atoms with Crippen molar-refractivity contribution in [2.45, 2.75) is 39.2 Å². The Bertz CT molecular complexity index is 475. The predicted octanol–water partition coefficient (Wildman–Crippen LogP) is 0.740. The summed E-state index contributed by atoms with van der Waals surface area (Å²) in [4.78, 5) is 25.1. The van der Waals surface area contributed by atoms with Gasteiger partial charge in [-0.05, 0) is 19.8 Å². The van der Waals surface area contributed by atoms with E-state index >= 15 is 0 Å². The molecule has 0 saturated carbocycles. The van der Waals surface area contributed by atoms with Gasteiger partial charge in [0.15, 0.2) is 0 Å². The van der Waals surface area contributed by atoms with Crippen molar-refractivity contribution in [3.05, 3.63) is 11.3 Å². The number of aryl methyl sites for hydroxylation is 2. The van der Waals surface area contributed by atoms with Crippen LogP contribution in [0.15, 0.2) is 0 Å². The number of amides is 2. The number of imide groups is 1. The van der Waals surface area contributed by atoms with E-state index in [1.165, 1.54) is 4.90 Å². The quantitative estimate of drug-likeness (QED) is 0.785. The van der Waals surface area contributed by atoms with Gasteiger partial charge in [0.2, 0.25) is 11.8 Å². The first-order valence-corrected chi connectivity index (χ1v) is 6.12. The number of nitrogens with two attached hydrogens (primary N) is 1. The Morgan fingerprint density at radius 1 is 1.22 bits per heavy atom. The highest BCUT2D eigenvalue weighted by molar-refractivity contribution is 5.96. The van der Waals surface area contributed by atoms with E-state index in [1.807, 2.05) is 6.92 Å². The van der Waals surface area contributed by atoms with Gasteiger partial charge < -0.3 is 5.73 Å². The molecule has 0 radical (unpaired) electrons. The molecule has 1 aliphatic heterocycles. The SMILES string of the molecule is Cc1nn(C)c(N)c1CN1C(=O)CCCCC1=O. The van der Waals surface area contributed by atoms with Crippen LogP contribution in [-0.4, -0.2) is 26.5 Å². The highest BCUT2D eigenvalue weighted by Crippen LogP contribution is 2.21. The largest absolute Gasteiger partial charge is 0.384 e. The first-order valence-electron chi connectivity index (χ1n) is 6.12. The average Bonchev–Trinajstić information content (AvgIpc) is 2.47. The van der Waals surface area contributed by atoms with Gasteiger partial charge in [0.25, 0.3) is 0 Å². The Kier molecular flexibility index (Phi) is 3.36. The minimum Gasteiger partial charge on any atom is -0.384 e. The summed E-state index contributed by atoms with van der Waals surface area (Å²) in [6, 6.07) is 0. The number of hydrogen-bond donors (Lipinski definition) is 1. The van der Waals surface area contributed by atoms with Gasteiger partial charge in [-0.2, -0.15) is 5.10 Å². The van der Waals surface area contributed by atoms with Crippen molar-refractivity contribution in [3.8, 4) is 0 Å². The van der Waals surface area contributed by atoms with Crippen LogP contribution in [0.5, 0.6) is 0 Å². The van der Waals surface area contributed by atoms with Gasteiger partial charge in [-0.25, -0.2) is 0 Å². The van der Waals surface area contributed by atoms with Crippen molar-refractivity contribution in [1.29, 1.82) is 0 Å². The monoisotopic (exact) mass is 250 g/mol. The first-order chi connectivity index (χ1) is 8.50. The number of likely N-dealkylation sites (tertiary alicyclic amines) is 1. The first kappa shape index (κ1) is 12.6. The molecule has 2 heterocycles. The van der Waals surface area contributed by atoms with E-state index in [2.05, 4.69) is 5.10 Å². The third-order valence-corrected chi connectivity index (χ3v) is 3.34. The zero-order chi connectivity index (χ0) is 13.3. The topological polar surface area (TPSA) is 81.2 Å². The smallest absolute Gasteiger partial charge is 0.229 e. The number of carbonyl (C=O) groups excluding carboxylic acids is 2. The van der Waals surface area contributed by atoms with Crippen LogP contribution in [-0.2, 0) is 23.2 Å². The Morgan fingerprint density at radius 3 is 2.22 bits per heavy atom. The number of carbonyl (C=O) groups is 2. The van der Waals surface area contributed by atoms with Gasteiger partial charge in [0, 0.05) is 25.5 Å². The zero-order valence-electron chi connectivity index (χ0n) is 10.8. The highest BCUT2D eigenvalue weighted by atomic mass is 16.2. The van der Waals surface area contributed by atoms with Crippen LogP contribution in [0.25, 0.3) is 0 Å². The van der Waals surface area contributed by atoms with Gasteiger partial charge in [-0.1, -0.05) is 0 Å². The van der Waals surface area contributed by atoms with E-state index in [0.29, 0.717) is 18.7 Å². The van der Waals surface area contributed by atoms with E-state index in [1.54, 1.807) is 11.7 Å². The Hall–Kier alpha value is -1.85. The molecule has 1 aromatic heterocycles. The highest BCUT2D eigenvalue weighted by Gasteiger charge is 2.26. The standard InChI is InChI=1S/C12H18N4O2/c1-8-9(12(13)15(2)14-8)7-16-10(17)5-3-4-6-11(16)18/h3-7,13H2,1-2H3. The lowest BCUT2D eigenvalue weighted by atomic mass is 10.2. The fraction of sp³-hybridized carbons (Fsp3) is 0.583. The summed E-state index contributed by atoms with van der Waals surface area (Å²) in [5.41, 5.74) is 7.43. The summed E-state index contributed by atoms with van der Waals surface area (Å²) < 4.78 is 1.57. The molecule has 2 N–H and O–H groups in total. The summed E-state index contributed by atoms with van der Waals surface area (Å²) in [6.07, 6.45) is 2.43. The Labute approximate surface area is 106 Å². The molecule has 0 aromatic carbocycles. The van der Waals surface area contributed by atoms with Crippen LogP contribution < -0.4 is 5.73 Å². The van der Waals surface area contributed by atoms with Crippen LogP contribution in [0.4, 0.5) is 5.82 Å². The lowest BCUT2D eigenvalue weighted by Gasteiger charge is -2.18. The van der Waals surface area contributed by atoms with E-state index in [-0.39, 0.29) is 18.4 Å². The molecule has 98 valence electrons. The molecule has 0 atom stereocenters. The Morgan fingerprint density at radius 2 is 1.78 bits per heavy atom. The number of anilines is 1. The van der Waals surface area contributed by atoms with Crippen LogP contribution >= 0.6 is 0 Å². The number of rotatable bonds is 2. The van der Waals surface area contributed by atoms with Crippen LogP contribution in [0.3, 0.4) is 0 Å². The average molecular weight is 250 g/mol. The van der Waals surface area contributed by atoms with Gasteiger partial charge in [-0.3, -0.25) is 19.2 Å². The molecule has 6 nitrogen and oxygen atoms in total. The van der Waals surface area contributed by atoms with Gasteiger partial charge in [0.1, 0.15) is 5.82 Å². The third-order valence-electron chi connectivity index (χ3n) is 3.34. The van der Waals surface area contributed by atoms with Gasteiger partial charge in [0.05, 0.1) is 12.2 Å².